The standard InChI is InChI=1S/C14H17BrN2O/c15-11-5-3-10(4-6-11)14(18)16-12-7-9-17-8-1-2-13(12)17/h3-6,12-13H,1-2,7-9H2,(H,16,18). The Hall–Kier alpha value is -0.870. The summed E-state index contributed by atoms with van der Waals surface area (Å²) in [4.78, 5) is 14.7. The number of nitrogens with one attached hydrogen (secondary N) is 1. The van der Waals surface area contributed by atoms with Gasteiger partial charge < -0.3 is 5.32 Å². The van der Waals surface area contributed by atoms with E-state index in [1.807, 2.05) is 24.3 Å². The molecule has 0 aliphatic carbocycles. The zero-order valence-electron chi connectivity index (χ0n) is 10.2. The minimum atomic E-state index is 0.0567. The fourth-order valence-electron chi connectivity index (χ4n) is 3.10. The summed E-state index contributed by atoms with van der Waals surface area (Å²) < 4.78 is 1.00. The molecule has 2 unspecified atom stereocenters. The van der Waals surface area contributed by atoms with Gasteiger partial charge in [0.25, 0.3) is 5.91 Å². The third-order valence-corrected chi connectivity index (χ3v) is 4.56. The van der Waals surface area contributed by atoms with E-state index in [9.17, 15) is 4.79 Å². The van der Waals surface area contributed by atoms with Gasteiger partial charge >= 0.3 is 0 Å². The first-order valence-corrected chi connectivity index (χ1v) is 7.34. The van der Waals surface area contributed by atoms with Crippen molar-refractivity contribution in [1.82, 2.24) is 10.2 Å². The maximum absolute atomic E-state index is 12.2. The lowest BCUT2D eigenvalue weighted by molar-refractivity contribution is 0.0929. The monoisotopic (exact) mass is 308 g/mol. The first kappa shape index (κ1) is 12.2. The molecule has 2 saturated heterocycles. The molecule has 18 heavy (non-hydrogen) atoms. The Bertz CT molecular complexity index is 446. The predicted octanol–water partition coefficient (Wildman–Crippen LogP) is 2.42. The van der Waals surface area contributed by atoms with Crippen molar-refractivity contribution in [1.29, 1.82) is 0 Å². The average molecular weight is 309 g/mol. The largest absolute Gasteiger partial charge is 0.348 e. The van der Waals surface area contributed by atoms with Crippen LogP contribution in [0.15, 0.2) is 28.7 Å². The van der Waals surface area contributed by atoms with Gasteiger partial charge in [0, 0.05) is 28.7 Å². The van der Waals surface area contributed by atoms with Crippen LogP contribution in [0, 0.1) is 0 Å². The number of fused-ring (bicyclic) bond motifs is 1. The lowest BCUT2D eigenvalue weighted by Gasteiger charge is -2.21. The van der Waals surface area contributed by atoms with Gasteiger partial charge in [0.1, 0.15) is 0 Å². The van der Waals surface area contributed by atoms with Crippen LogP contribution in [0.3, 0.4) is 0 Å². The summed E-state index contributed by atoms with van der Waals surface area (Å²) in [6.07, 6.45) is 3.59. The topological polar surface area (TPSA) is 32.3 Å². The smallest absolute Gasteiger partial charge is 0.251 e. The molecular weight excluding hydrogens is 292 g/mol. The minimum absolute atomic E-state index is 0.0567. The summed E-state index contributed by atoms with van der Waals surface area (Å²) in [6.45, 7) is 2.34. The number of amides is 1. The second-order valence-electron chi connectivity index (χ2n) is 5.12. The van der Waals surface area contributed by atoms with Gasteiger partial charge in [-0.3, -0.25) is 9.69 Å². The van der Waals surface area contributed by atoms with E-state index >= 15 is 0 Å². The first-order chi connectivity index (χ1) is 8.74. The van der Waals surface area contributed by atoms with Crippen LogP contribution >= 0.6 is 15.9 Å². The molecule has 0 spiro atoms. The van der Waals surface area contributed by atoms with Crippen LogP contribution in [-0.4, -0.2) is 36.0 Å². The van der Waals surface area contributed by atoms with Crippen molar-refractivity contribution in [3.63, 3.8) is 0 Å². The van der Waals surface area contributed by atoms with E-state index in [4.69, 9.17) is 0 Å². The summed E-state index contributed by atoms with van der Waals surface area (Å²) in [7, 11) is 0. The van der Waals surface area contributed by atoms with E-state index in [0.29, 0.717) is 12.1 Å². The van der Waals surface area contributed by atoms with Crippen LogP contribution < -0.4 is 5.32 Å². The number of carbonyl (C=O) groups is 1. The number of carbonyl (C=O) groups excluding carboxylic acids is 1. The van der Waals surface area contributed by atoms with Gasteiger partial charge in [0.2, 0.25) is 0 Å². The first-order valence-electron chi connectivity index (χ1n) is 6.54. The minimum Gasteiger partial charge on any atom is -0.348 e. The van der Waals surface area contributed by atoms with Crippen LogP contribution in [0.4, 0.5) is 0 Å². The van der Waals surface area contributed by atoms with Crippen molar-refractivity contribution in [2.24, 2.45) is 0 Å². The van der Waals surface area contributed by atoms with Crippen LogP contribution in [0.1, 0.15) is 29.6 Å². The Labute approximate surface area is 116 Å². The number of benzene rings is 1. The Morgan fingerprint density at radius 2 is 2.00 bits per heavy atom. The molecule has 3 nitrogen and oxygen atoms in total. The van der Waals surface area contributed by atoms with Crippen molar-refractivity contribution >= 4 is 21.8 Å². The van der Waals surface area contributed by atoms with Gasteiger partial charge in [-0.25, -0.2) is 0 Å². The summed E-state index contributed by atoms with van der Waals surface area (Å²) in [6, 6.07) is 8.45. The lowest BCUT2D eigenvalue weighted by Crippen LogP contribution is -2.42. The molecule has 2 aliphatic rings. The summed E-state index contributed by atoms with van der Waals surface area (Å²) in [5.41, 5.74) is 0.745. The number of hydrogen-bond acceptors (Lipinski definition) is 2. The summed E-state index contributed by atoms with van der Waals surface area (Å²) >= 11 is 3.38. The lowest BCUT2D eigenvalue weighted by atomic mass is 10.1. The normalized spacial score (nSPS) is 27.2. The Morgan fingerprint density at radius 3 is 2.78 bits per heavy atom. The van der Waals surface area contributed by atoms with Crippen LogP contribution in [-0.2, 0) is 0 Å². The number of hydrogen-bond donors (Lipinski definition) is 1. The maximum Gasteiger partial charge on any atom is 0.251 e. The van der Waals surface area contributed by atoms with E-state index in [-0.39, 0.29) is 5.91 Å². The van der Waals surface area contributed by atoms with Crippen LogP contribution in [0.5, 0.6) is 0 Å². The van der Waals surface area contributed by atoms with E-state index in [0.717, 1.165) is 23.0 Å². The van der Waals surface area contributed by atoms with Crippen molar-refractivity contribution < 1.29 is 4.79 Å². The molecule has 2 heterocycles. The summed E-state index contributed by atoms with van der Waals surface area (Å²) in [5.74, 6) is 0.0567. The van der Waals surface area contributed by atoms with Crippen LogP contribution in [0.2, 0.25) is 0 Å². The zero-order valence-corrected chi connectivity index (χ0v) is 11.8. The van der Waals surface area contributed by atoms with Crippen molar-refractivity contribution in [2.45, 2.75) is 31.3 Å². The molecule has 2 fully saturated rings. The van der Waals surface area contributed by atoms with Gasteiger partial charge in [0.05, 0.1) is 0 Å². The van der Waals surface area contributed by atoms with Crippen LogP contribution in [0.25, 0.3) is 0 Å². The highest BCUT2D eigenvalue weighted by atomic mass is 79.9. The summed E-state index contributed by atoms with van der Waals surface area (Å²) in [5, 5.41) is 3.19. The second kappa shape index (κ2) is 5.02. The SMILES string of the molecule is O=C(NC1CCN2CCCC12)c1ccc(Br)cc1. The number of rotatable bonds is 2. The Morgan fingerprint density at radius 1 is 1.22 bits per heavy atom. The van der Waals surface area contributed by atoms with Crippen molar-refractivity contribution in [3.05, 3.63) is 34.3 Å². The fourth-order valence-corrected chi connectivity index (χ4v) is 3.37. The molecule has 0 bridgehead atoms. The number of nitrogens with zero attached hydrogens (tertiary/aromatic N) is 1. The highest BCUT2D eigenvalue weighted by molar-refractivity contribution is 9.10. The van der Waals surface area contributed by atoms with E-state index in [2.05, 4.69) is 26.1 Å². The highest BCUT2D eigenvalue weighted by Crippen LogP contribution is 2.28. The molecular formula is C14H17BrN2O. The molecule has 1 aromatic carbocycles. The average Bonchev–Trinajstić information content (AvgIpc) is 2.95. The molecule has 0 saturated carbocycles. The molecule has 0 aromatic heterocycles. The molecule has 2 atom stereocenters. The van der Waals surface area contributed by atoms with E-state index in [1.165, 1.54) is 19.4 Å². The highest BCUT2D eigenvalue weighted by Gasteiger charge is 2.37. The third-order valence-electron chi connectivity index (χ3n) is 4.03. The molecule has 2 aliphatic heterocycles. The van der Waals surface area contributed by atoms with E-state index < -0.39 is 0 Å². The van der Waals surface area contributed by atoms with Gasteiger partial charge in [0.15, 0.2) is 0 Å². The van der Waals surface area contributed by atoms with Crippen molar-refractivity contribution in [2.75, 3.05) is 13.1 Å². The van der Waals surface area contributed by atoms with E-state index in [1.54, 1.807) is 0 Å². The molecule has 96 valence electrons. The molecule has 0 radical (unpaired) electrons. The van der Waals surface area contributed by atoms with Gasteiger partial charge in [-0.05, 0) is 50.1 Å². The molecule has 1 aromatic rings. The van der Waals surface area contributed by atoms with Gasteiger partial charge in [-0.15, -0.1) is 0 Å². The number of halogens is 1. The van der Waals surface area contributed by atoms with Gasteiger partial charge in [-0.1, -0.05) is 15.9 Å². The molecule has 3 rings (SSSR count). The van der Waals surface area contributed by atoms with Crippen molar-refractivity contribution in [3.8, 4) is 0 Å². The third kappa shape index (κ3) is 2.31. The fraction of sp³-hybridized carbons (Fsp3) is 0.500. The molecule has 4 heteroatoms. The maximum atomic E-state index is 12.2. The molecule has 1 amide bonds. The Balaban J connectivity index is 1.66. The predicted molar refractivity (Wildman–Crippen MR) is 74.6 cm³/mol. The Kier molecular flexibility index (Phi) is 3.39. The quantitative estimate of drug-likeness (QED) is 0.910. The second-order valence-corrected chi connectivity index (χ2v) is 6.04. The zero-order chi connectivity index (χ0) is 12.5. The molecule has 1 N–H and O–H groups in total. The van der Waals surface area contributed by atoms with Gasteiger partial charge in [-0.2, -0.15) is 0 Å².